The molecule has 2 saturated heterocycles. The van der Waals surface area contributed by atoms with E-state index in [0.717, 1.165) is 63.7 Å². The molecule has 0 bridgehead atoms. The van der Waals surface area contributed by atoms with E-state index >= 15 is 0 Å². The van der Waals surface area contributed by atoms with Crippen molar-refractivity contribution in [3.05, 3.63) is 30.0 Å². The molecule has 0 atom stereocenters. The Hall–Kier alpha value is -1.35. The zero-order valence-corrected chi connectivity index (χ0v) is 17.6. The van der Waals surface area contributed by atoms with Crippen molar-refractivity contribution in [2.45, 2.75) is 24.8 Å². The number of thiazole rings is 1. The molecule has 2 aliphatic rings. The fraction of sp³-hybridized carbons (Fsp3) is 0.588. The van der Waals surface area contributed by atoms with Gasteiger partial charge in [-0.1, -0.05) is 0 Å². The van der Waals surface area contributed by atoms with Crippen LogP contribution in [-0.4, -0.2) is 64.8 Å². The molecule has 1 amide bonds. The third-order valence-electron chi connectivity index (χ3n) is 5.24. The second kappa shape index (κ2) is 9.73. The van der Waals surface area contributed by atoms with Gasteiger partial charge >= 0.3 is 0 Å². The molecule has 2 aliphatic heterocycles. The highest BCUT2D eigenvalue weighted by Gasteiger charge is 2.44. The molecule has 0 radical (unpaired) electrons. The largest absolute Gasteiger partial charge is 0.346 e. The number of nitrogens with one attached hydrogen (secondary N) is 1. The molecule has 7 nitrogen and oxygen atoms in total. The van der Waals surface area contributed by atoms with E-state index in [0.29, 0.717) is 0 Å². The van der Waals surface area contributed by atoms with Crippen LogP contribution in [0.5, 0.6) is 0 Å². The van der Waals surface area contributed by atoms with E-state index in [1.807, 2.05) is 33.4 Å². The lowest BCUT2D eigenvalue weighted by atomic mass is 9.86. The number of rotatable bonds is 3. The van der Waals surface area contributed by atoms with Crippen LogP contribution in [0.15, 0.2) is 30.0 Å². The number of hydrogen-bond donors (Lipinski definition) is 1. The van der Waals surface area contributed by atoms with Gasteiger partial charge in [-0.15, -0.1) is 36.2 Å². The first-order chi connectivity index (χ1) is 12.3. The minimum absolute atomic E-state index is 0. The Bertz CT molecular complexity index is 690. The van der Waals surface area contributed by atoms with E-state index in [1.54, 1.807) is 17.5 Å². The first-order valence-electron chi connectivity index (χ1n) is 8.94. The number of halogens is 2. The maximum Gasteiger partial charge on any atom is 0.250 e. The minimum Gasteiger partial charge on any atom is -0.346 e. The Kier molecular flexibility index (Phi) is 7.91. The van der Waals surface area contributed by atoms with Gasteiger partial charge in [0.15, 0.2) is 5.13 Å². The second-order valence-electron chi connectivity index (χ2n) is 6.68. The number of carbonyl (C=O) groups excluding carboxylic acids is 1. The van der Waals surface area contributed by atoms with Gasteiger partial charge in [-0.2, -0.15) is 5.10 Å². The van der Waals surface area contributed by atoms with Gasteiger partial charge in [-0.25, -0.2) is 4.98 Å². The van der Waals surface area contributed by atoms with Gasteiger partial charge in [0.25, 0.3) is 5.91 Å². The maximum absolute atomic E-state index is 13.5. The van der Waals surface area contributed by atoms with Gasteiger partial charge in [0.05, 0.1) is 0 Å². The molecule has 2 aromatic heterocycles. The summed E-state index contributed by atoms with van der Waals surface area (Å²) in [7, 11) is 0. The molecule has 0 aliphatic carbocycles. The van der Waals surface area contributed by atoms with E-state index in [2.05, 4.69) is 20.3 Å². The molecular formula is C17H26Cl2N6OS. The minimum atomic E-state index is -0.537. The molecule has 150 valence electrons. The molecular weight excluding hydrogens is 407 g/mol. The van der Waals surface area contributed by atoms with E-state index in [1.165, 1.54) is 0 Å². The van der Waals surface area contributed by atoms with E-state index in [-0.39, 0.29) is 30.7 Å². The van der Waals surface area contributed by atoms with Gasteiger partial charge in [-0.05, 0) is 38.4 Å². The SMILES string of the molecule is Cl.Cl.O=C(N1CCCN(c2nccs2)CC1)C1(n2cccn2)CCNCC1. The predicted octanol–water partition coefficient (Wildman–Crippen LogP) is 2.00. The van der Waals surface area contributed by atoms with Gasteiger partial charge in [-0.3, -0.25) is 9.48 Å². The van der Waals surface area contributed by atoms with E-state index in [4.69, 9.17) is 0 Å². The Morgan fingerprint density at radius 3 is 2.59 bits per heavy atom. The van der Waals surface area contributed by atoms with Crippen molar-refractivity contribution >= 4 is 47.2 Å². The smallest absolute Gasteiger partial charge is 0.250 e. The van der Waals surface area contributed by atoms with Crippen molar-refractivity contribution in [2.24, 2.45) is 0 Å². The Labute approximate surface area is 175 Å². The van der Waals surface area contributed by atoms with Crippen LogP contribution in [0.4, 0.5) is 5.13 Å². The highest BCUT2D eigenvalue weighted by Crippen LogP contribution is 2.30. The Balaban J connectivity index is 0.00000131. The van der Waals surface area contributed by atoms with Crippen LogP contribution in [0.1, 0.15) is 19.3 Å². The highest BCUT2D eigenvalue weighted by atomic mass is 35.5. The Morgan fingerprint density at radius 1 is 1.11 bits per heavy atom. The molecule has 0 aromatic carbocycles. The van der Waals surface area contributed by atoms with Crippen molar-refractivity contribution in [1.82, 2.24) is 25.0 Å². The normalized spacial score (nSPS) is 19.6. The molecule has 27 heavy (non-hydrogen) atoms. The summed E-state index contributed by atoms with van der Waals surface area (Å²) >= 11 is 1.66. The van der Waals surface area contributed by atoms with Crippen molar-refractivity contribution in [3.63, 3.8) is 0 Å². The highest BCUT2D eigenvalue weighted by molar-refractivity contribution is 7.13. The molecule has 0 unspecified atom stereocenters. The molecule has 4 heterocycles. The van der Waals surface area contributed by atoms with Crippen LogP contribution in [0.2, 0.25) is 0 Å². The third-order valence-corrected chi connectivity index (χ3v) is 6.08. The van der Waals surface area contributed by atoms with Crippen LogP contribution >= 0.6 is 36.2 Å². The van der Waals surface area contributed by atoms with Crippen LogP contribution in [-0.2, 0) is 10.3 Å². The number of piperidine rings is 1. The molecule has 0 spiro atoms. The monoisotopic (exact) mass is 432 g/mol. The lowest BCUT2D eigenvalue weighted by Gasteiger charge is -2.40. The fourth-order valence-corrected chi connectivity index (χ4v) is 4.58. The molecule has 1 N–H and O–H groups in total. The van der Waals surface area contributed by atoms with Crippen LogP contribution in [0.3, 0.4) is 0 Å². The topological polar surface area (TPSA) is 66.3 Å². The first-order valence-corrected chi connectivity index (χ1v) is 9.82. The zero-order valence-electron chi connectivity index (χ0n) is 15.1. The van der Waals surface area contributed by atoms with Crippen molar-refractivity contribution in [1.29, 1.82) is 0 Å². The van der Waals surface area contributed by atoms with Crippen molar-refractivity contribution in [2.75, 3.05) is 44.2 Å². The molecule has 2 aromatic rings. The first kappa shape index (κ1) is 21.9. The summed E-state index contributed by atoms with van der Waals surface area (Å²) in [6.07, 6.45) is 8.10. The lowest BCUT2D eigenvalue weighted by Crippen LogP contribution is -2.56. The molecule has 10 heteroatoms. The Morgan fingerprint density at radius 2 is 1.93 bits per heavy atom. The number of aromatic nitrogens is 3. The standard InChI is InChI=1S/C17H24N6OS.2ClH/c24-15(17(3-6-18-7-4-17)23-11-1-5-20-23)21-9-2-10-22(13-12-21)16-19-8-14-25-16;;/h1,5,8,11,14,18H,2-4,6-7,9-10,12-13H2;2*1H. The van der Waals surface area contributed by atoms with Crippen molar-refractivity contribution in [3.8, 4) is 0 Å². The van der Waals surface area contributed by atoms with Crippen LogP contribution < -0.4 is 10.2 Å². The predicted molar refractivity (Wildman–Crippen MR) is 112 cm³/mol. The van der Waals surface area contributed by atoms with Gasteiger partial charge in [0.2, 0.25) is 0 Å². The maximum atomic E-state index is 13.5. The van der Waals surface area contributed by atoms with Crippen LogP contribution in [0, 0.1) is 0 Å². The molecule has 2 fully saturated rings. The summed E-state index contributed by atoms with van der Waals surface area (Å²) in [6, 6.07) is 1.91. The van der Waals surface area contributed by atoms with Crippen LogP contribution in [0.25, 0.3) is 0 Å². The zero-order chi connectivity index (χ0) is 17.1. The summed E-state index contributed by atoms with van der Waals surface area (Å²) < 4.78 is 1.89. The fourth-order valence-electron chi connectivity index (χ4n) is 3.88. The summed E-state index contributed by atoms with van der Waals surface area (Å²) in [4.78, 5) is 22.3. The van der Waals surface area contributed by atoms with Gasteiger partial charge in [0, 0.05) is 50.1 Å². The number of carbonyl (C=O) groups is 1. The second-order valence-corrected chi connectivity index (χ2v) is 7.55. The number of amides is 1. The summed E-state index contributed by atoms with van der Waals surface area (Å²) in [5.41, 5.74) is -0.537. The number of anilines is 1. The quantitative estimate of drug-likeness (QED) is 0.802. The average Bonchev–Trinajstić information content (AvgIpc) is 3.33. The molecule has 0 saturated carbocycles. The van der Waals surface area contributed by atoms with Gasteiger partial charge in [0.1, 0.15) is 5.54 Å². The summed E-state index contributed by atoms with van der Waals surface area (Å²) in [5, 5.41) is 10.9. The lowest BCUT2D eigenvalue weighted by molar-refractivity contribution is -0.143. The summed E-state index contributed by atoms with van der Waals surface area (Å²) in [5.74, 6) is 0.221. The average molecular weight is 433 g/mol. The number of nitrogens with zero attached hydrogens (tertiary/aromatic N) is 5. The third kappa shape index (κ3) is 4.39. The molecule has 4 rings (SSSR count). The van der Waals surface area contributed by atoms with Crippen molar-refractivity contribution < 1.29 is 4.79 Å². The summed E-state index contributed by atoms with van der Waals surface area (Å²) in [6.45, 7) is 5.04. The number of hydrogen-bond acceptors (Lipinski definition) is 6. The van der Waals surface area contributed by atoms with Gasteiger partial charge < -0.3 is 15.1 Å². The van der Waals surface area contributed by atoms with E-state index < -0.39 is 5.54 Å². The van der Waals surface area contributed by atoms with E-state index in [9.17, 15) is 4.79 Å².